The van der Waals surface area contributed by atoms with Crippen molar-refractivity contribution < 1.29 is 32.3 Å². The van der Waals surface area contributed by atoms with Gasteiger partial charge in [-0.25, -0.2) is 22.9 Å². The molecule has 2 aromatic heterocycles. The number of methoxy groups -OCH3 is 1. The van der Waals surface area contributed by atoms with Crippen molar-refractivity contribution in [1.82, 2.24) is 35.0 Å². The number of fused-ring (bicyclic) bond motifs is 2. The van der Waals surface area contributed by atoms with Crippen LogP contribution in [0, 0.1) is 5.92 Å². The number of rotatable bonds is 10. The lowest BCUT2D eigenvalue weighted by Gasteiger charge is -2.26. The third-order valence-electron chi connectivity index (χ3n) is 10.2. The fraction of sp³-hybridized carbons (Fsp3) is 0.528. The lowest BCUT2D eigenvalue weighted by molar-refractivity contribution is -0.130. The minimum atomic E-state index is -3.95. The summed E-state index contributed by atoms with van der Waals surface area (Å²) in [6.07, 6.45) is 9.03. The molecule has 1 aliphatic heterocycles. The number of nitrogens with zero attached hydrogens (tertiary/aromatic N) is 4. The molecule has 2 saturated carbocycles. The number of amides is 4. The lowest BCUT2D eigenvalue weighted by Crippen LogP contribution is -2.58. The number of aromatic nitrogens is 3. The van der Waals surface area contributed by atoms with Gasteiger partial charge in [0, 0.05) is 43.6 Å². The van der Waals surface area contributed by atoms with E-state index in [0.29, 0.717) is 47.6 Å². The van der Waals surface area contributed by atoms with Gasteiger partial charge in [0.2, 0.25) is 15.9 Å². The van der Waals surface area contributed by atoms with Gasteiger partial charge in [0.1, 0.15) is 28.1 Å². The molecular weight excluding hydrogens is 710 g/mol. The zero-order valence-corrected chi connectivity index (χ0v) is 31.6. The molecule has 3 N–H and O–H groups in total. The van der Waals surface area contributed by atoms with Gasteiger partial charge in [0.25, 0.3) is 5.91 Å². The lowest BCUT2D eigenvalue weighted by atomic mass is 10.1. The van der Waals surface area contributed by atoms with Crippen LogP contribution in [-0.4, -0.2) is 89.6 Å². The summed E-state index contributed by atoms with van der Waals surface area (Å²) in [6, 6.07) is 5.53. The molecule has 3 heterocycles. The highest BCUT2D eigenvalue weighted by molar-refractivity contribution is 7.91. The maximum atomic E-state index is 14.0. The molecule has 3 atom stereocenters. The first kappa shape index (κ1) is 37.4. The second kappa shape index (κ2) is 14.6. The first-order chi connectivity index (χ1) is 24.7. The molecule has 0 bridgehead atoms. The normalized spacial score (nSPS) is 23.3. The molecule has 3 aliphatic rings. The maximum Gasteiger partial charge on any atom is 0.317 e. The van der Waals surface area contributed by atoms with Gasteiger partial charge in [-0.1, -0.05) is 37.6 Å². The summed E-state index contributed by atoms with van der Waals surface area (Å²) in [6.45, 7) is 6.13. The third kappa shape index (κ3) is 7.56. The largest absolute Gasteiger partial charge is 0.495 e. The topological polar surface area (TPSA) is 174 Å². The Kier molecular flexibility index (Phi) is 10.5. The molecule has 0 saturated heterocycles. The van der Waals surface area contributed by atoms with Crippen LogP contribution < -0.4 is 24.8 Å². The van der Waals surface area contributed by atoms with Crippen molar-refractivity contribution in [2.75, 3.05) is 27.3 Å². The van der Waals surface area contributed by atoms with E-state index >= 15 is 0 Å². The molecule has 1 aromatic carbocycles. The third-order valence-corrected chi connectivity index (χ3v) is 12.7. The van der Waals surface area contributed by atoms with Crippen LogP contribution in [0.5, 0.6) is 11.5 Å². The second-order valence-corrected chi connectivity index (χ2v) is 17.0. The van der Waals surface area contributed by atoms with E-state index in [1.54, 1.807) is 43.0 Å². The number of allylic oxidation sites excluding steroid dienone is 1. The highest BCUT2D eigenvalue weighted by Crippen LogP contribution is 2.47. The summed E-state index contributed by atoms with van der Waals surface area (Å²) in [4.78, 5) is 47.2. The Morgan fingerprint density at radius 1 is 1.17 bits per heavy atom. The van der Waals surface area contributed by atoms with E-state index in [1.807, 2.05) is 32.1 Å². The van der Waals surface area contributed by atoms with Crippen molar-refractivity contribution >= 4 is 50.4 Å². The van der Waals surface area contributed by atoms with E-state index < -0.39 is 50.1 Å². The van der Waals surface area contributed by atoms with Gasteiger partial charge in [-0.15, -0.1) is 0 Å². The number of carbonyl (C=O) groups excluding carboxylic acids is 3. The predicted octanol–water partition coefficient (Wildman–Crippen LogP) is 4.60. The van der Waals surface area contributed by atoms with Gasteiger partial charge in [0.05, 0.1) is 29.7 Å². The molecule has 14 nitrogen and oxygen atoms in total. The van der Waals surface area contributed by atoms with Crippen LogP contribution in [0.25, 0.3) is 16.7 Å². The van der Waals surface area contributed by atoms with Crippen LogP contribution in [0.4, 0.5) is 4.79 Å². The van der Waals surface area contributed by atoms with Gasteiger partial charge in [-0.2, -0.15) is 5.10 Å². The average molecular weight is 756 g/mol. The monoisotopic (exact) mass is 755 g/mol. The Morgan fingerprint density at radius 2 is 1.94 bits per heavy atom. The summed E-state index contributed by atoms with van der Waals surface area (Å²) in [5.41, 5.74) is -0.173. The highest BCUT2D eigenvalue weighted by atomic mass is 35.5. The van der Waals surface area contributed by atoms with Crippen LogP contribution in [-0.2, 0) is 19.6 Å². The van der Waals surface area contributed by atoms with Crippen molar-refractivity contribution in [1.29, 1.82) is 0 Å². The van der Waals surface area contributed by atoms with Gasteiger partial charge in [-0.05, 0) is 69.6 Å². The first-order valence-electron chi connectivity index (χ1n) is 17.6. The van der Waals surface area contributed by atoms with Crippen molar-refractivity contribution in [2.45, 2.75) is 88.0 Å². The Labute approximate surface area is 308 Å². The molecule has 4 amide bonds. The molecule has 2 fully saturated rings. The predicted molar refractivity (Wildman–Crippen MR) is 196 cm³/mol. The molecule has 1 unspecified atom stereocenters. The molecule has 52 heavy (non-hydrogen) atoms. The summed E-state index contributed by atoms with van der Waals surface area (Å²) in [5.74, 6) is -0.325. The number of hydrogen-bond acceptors (Lipinski definition) is 9. The quantitative estimate of drug-likeness (QED) is 0.250. The SMILES string of the molecule is COc1ccc2c(OCC[C@@H]3NC(=O)N(C)CCCCC=C[C@@H]4CC4(C(=O)NS(=O)(=O)C4(C)CC4)NC3=O)cc(-n3ccc(C(C)C)n3)nc2c1Cl. The van der Waals surface area contributed by atoms with Crippen LogP contribution in [0.1, 0.15) is 77.3 Å². The van der Waals surface area contributed by atoms with E-state index in [-0.39, 0.29) is 30.4 Å². The number of hydrogen-bond donors (Lipinski definition) is 3. The van der Waals surface area contributed by atoms with E-state index in [1.165, 1.54) is 12.0 Å². The summed E-state index contributed by atoms with van der Waals surface area (Å²) in [7, 11) is -0.785. The number of nitrogens with one attached hydrogen (secondary N) is 3. The molecule has 3 aromatic rings. The van der Waals surface area contributed by atoms with Gasteiger partial charge in [0.15, 0.2) is 5.82 Å². The summed E-state index contributed by atoms with van der Waals surface area (Å²) < 4.78 is 40.7. The minimum Gasteiger partial charge on any atom is -0.495 e. The number of urea groups is 1. The van der Waals surface area contributed by atoms with Crippen LogP contribution in [0.3, 0.4) is 0 Å². The summed E-state index contributed by atoms with van der Waals surface area (Å²) >= 11 is 6.71. The Hall–Kier alpha value is -4.37. The Bertz CT molecular complexity index is 2010. The van der Waals surface area contributed by atoms with Gasteiger partial charge >= 0.3 is 6.03 Å². The number of ether oxygens (including phenoxy) is 2. The van der Waals surface area contributed by atoms with Crippen LogP contribution in [0.15, 0.2) is 42.6 Å². The molecule has 16 heteroatoms. The molecule has 6 rings (SSSR count). The van der Waals surface area contributed by atoms with Gasteiger partial charge in [-0.3, -0.25) is 14.3 Å². The Balaban J connectivity index is 1.27. The zero-order chi connectivity index (χ0) is 37.4. The van der Waals surface area contributed by atoms with Gasteiger partial charge < -0.3 is 25.0 Å². The molecule has 280 valence electrons. The van der Waals surface area contributed by atoms with Crippen molar-refractivity contribution in [2.24, 2.45) is 5.92 Å². The summed E-state index contributed by atoms with van der Waals surface area (Å²) in [5, 5.41) is 11.2. The Morgan fingerprint density at radius 3 is 2.63 bits per heavy atom. The molecular formula is C36H46ClN7O7S. The fourth-order valence-corrected chi connectivity index (χ4v) is 7.82. The number of carbonyl (C=O) groups is 3. The number of benzene rings is 1. The van der Waals surface area contributed by atoms with Crippen LogP contribution in [0.2, 0.25) is 5.02 Å². The van der Waals surface area contributed by atoms with E-state index in [4.69, 9.17) is 26.1 Å². The zero-order valence-electron chi connectivity index (χ0n) is 30.1. The second-order valence-electron chi connectivity index (χ2n) is 14.4. The number of pyridine rings is 1. The maximum absolute atomic E-state index is 14.0. The minimum absolute atomic E-state index is 0.0162. The smallest absolute Gasteiger partial charge is 0.317 e. The number of sulfonamides is 1. The van der Waals surface area contributed by atoms with E-state index in [9.17, 15) is 22.8 Å². The fourth-order valence-electron chi connectivity index (χ4n) is 6.22. The number of halogens is 1. The molecule has 0 spiro atoms. The van der Waals surface area contributed by atoms with E-state index in [0.717, 1.165) is 25.0 Å². The van der Waals surface area contributed by atoms with Crippen molar-refractivity contribution in [3.05, 3.63) is 53.3 Å². The molecule has 2 aliphatic carbocycles. The average Bonchev–Trinajstić information content (AvgIpc) is 3.96. The highest BCUT2D eigenvalue weighted by Gasteiger charge is 2.62. The standard InChI is InChI=1S/C36H46ClN7O7S/c1-22(2)25-13-18-44(41-25)29-20-28(24-11-12-27(50-5)30(37)31(24)39-29)51-19-14-26-32(45)40-36(33(46)42-52(48,49)35(3)15-16-35)21-23(36)10-8-6-7-9-17-43(4)34(47)38-26/h8,10-13,18,20,22-23,26H,6-7,9,14-17,19,21H2,1-5H3,(H,38,47)(H,40,45)(H,42,46)/t23-,26+,36?/m1/s1. The first-order valence-corrected chi connectivity index (χ1v) is 19.5. The van der Waals surface area contributed by atoms with Crippen LogP contribution >= 0.6 is 11.6 Å². The van der Waals surface area contributed by atoms with Crippen molar-refractivity contribution in [3.63, 3.8) is 0 Å². The molecule has 0 radical (unpaired) electrons. The van der Waals surface area contributed by atoms with Crippen molar-refractivity contribution in [3.8, 4) is 17.3 Å². The van der Waals surface area contributed by atoms with E-state index in [2.05, 4.69) is 20.5 Å².